The summed E-state index contributed by atoms with van der Waals surface area (Å²) in [6.45, 7) is 4.10. The first kappa shape index (κ1) is 24.6. The van der Waals surface area contributed by atoms with Crippen LogP contribution in [0.2, 0.25) is 0 Å². The van der Waals surface area contributed by atoms with Crippen molar-refractivity contribution in [3.63, 3.8) is 0 Å². The second-order valence-electron chi connectivity index (χ2n) is 8.67. The topological polar surface area (TPSA) is 125 Å². The van der Waals surface area contributed by atoms with E-state index in [1.54, 1.807) is 22.0 Å². The van der Waals surface area contributed by atoms with Crippen molar-refractivity contribution in [2.75, 3.05) is 39.8 Å². The van der Waals surface area contributed by atoms with Crippen LogP contribution >= 0.6 is 0 Å². The Balaban J connectivity index is 0.000000364. The molecule has 0 radical (unpaired) electrons. The molecule has 11 nitrogen and oxygen atoms in total. The lowest BCUT2D eigenvalue weighted by molar-refractivity contribution is -0.192. The van der Waals surface area contributed by atoms with Gasteiger partial charge in [-0.15, -0.1) is 0 Å². The Morgan fingerprint density at radius 2 is 1.71 bits per heavy atom. The first-order valence-electron chi connectivity index (χ1n) is 11.0. The molecule has 4 heterocycles. The largest absolute Gasteiger partial charge is 0.490 e. The van der Waals surface area contributed by atoms with E-state index in [-0.39, 0.29) is 11.8 Å². The molecular weight excluding hydrogens is 471 g/mol. The number of piperazine rings is 1. The van der Waals surface area contributed by atoms with Gasteiger partial charge in [0.1, 0.15) is 6.33 Å². The molecule has 2 aromatic heterocycles. The van der Waals surface area contributed by atoms with Gasteiger partial charge in [0, 0.05) is 45.1 Å². The van der Waals surface area contributed by atoms with E-state index >= 15 is 0 Å². The molecule has 0 spiro atoms. The van der Waals surface area contributed by atoms with Gasteiger partial charge in [0.25, 0.3) is 11.8 Å². The normalized spacial score (nSPS) is 18.2. The Morgan fingerprint density at radius 3 is 2.31 bits per heavy atom. The van der Waals surface area contributed by atoms with Crippen molar-refractivity contribution in [1.82, 2.24) is 34.2 Å². The zero-order valence-electron chi connectivity index (χ0n) is 18.9. The molecule has 2 aliphatic heterocycles. The van der Waals surface area contributed by atoms with Crippen molar-refractivity contribution in [2.45, 2.75) is 25.6 Å². The third-order valence-corrected chi connectivity index (χ3v) is 6.02. The molecule has 2 fully saturated rings. The Morgan fingerprint density at radius 1 is 1.09 bits per heavy atom. The summed E-state index contributed by atoms with van der Waals surface area (Å²) >= 11 is 0. The van der Waals surface area contributed by atoms with Crippen LogP contribution in [-0.4, -0.2) is 103 Å². The number of aromatic nitrogens is 4. The number of rotatable bonds is 3. The Labute approximate surface area is 198 Å². The number of nitrogens with zero attached hydrogens (tertiary/aromatic N) is 7. The van der Waals surface area contributed by atoms with Gasteiger partial charge in [-0.2, -0.15) is 13.2 Å². The highest BCUT2D eigenvalue weighted by atomic mass is 19.4. The summed E-state index contributed by atoms with van der Waals surface area (Å²) in [5, 5.41) is 7.12. The van der Waals surface area contributed by atoms with Gasteiger partial charge in [0.15, 0.2) is 17.2 Å². The maximum absolute atomic E-state index is 13.2. The Hall–Kier alpha value is -3.55. The minimum absolute atomic E-state index is 0.0759. The molecule has 14 heteroatoms. The second kappa shape index (κ2) is 9.60. The predicted molar refractivity (Wildman–Crippen MR) is 114 cm³/mol. The Bertz CT molecular complexity index is 1120. The van der Waals surface area contributed by atoms with E-state index in [4.69, 9.17) is 9.90 Å². The first-order chi connectivity index (χ1) is 16.6. The zero-order valence-corrected chi connectivity index (χ0v) is 18.9. The SMILES string of the molecule is CN1CCN(C(=O)c2ncn3c2CN(CC2CC2)C(=O)c2nccnc2-3)CC1.O=C(O)C(F)(F)F. The average molecular weight is 495 g/mol. The van der Waals surface area contributed by atoms with Crippen molar-refractivity contribution >= 4 is 17.8 Å². The summed E-state index contributed by atoms with van der Waals surface area (Å²) in [6, 6.07) is 0. The van der Waals surface area contributed by atoms with Crippen molar-refractivity contribution in [1.29, 1.82) is 0 Å². The molecule has 3 aliphatic rings. The van der Waals surface area contributed by atoms with Crippen LogP contribution in [0.3, 0.4) is 0 Å². The number of carboxylic acids is 1. The number of likely N-dealkylation sites (N-methyl/N-ethyl adjacent to an activating group) is 1. The quantitative estimate of drug-likeness (QED) is 0.670. The van der Waals surface area contributed by atoms with Crippen LogP contribution in [-0.2, 0) is 11.3 Å². The molecule has 0 atom stereocenters. The molecule has 1 N–H and O–H groups in total. The summed E-state index contributed by atoms with van der Waals surface area (Å²) in [6.07, 6.45) is 1.89. The molecule has 2 amide bonds. The smallest absolute Gasteiger partial charge is 0.475 e. The van der Waals surface area contributed by atoms with Gasteiger partial charge in [0.2, 0.25) is 0 Å². The lowest BCUT2D eigenvalue weighted by Crippen LogP contribution is -2.47. The number of imidazole rings is 1. The maximum Gasteiger partial charge on any atom is 0.490 e. The fourth-order valence-electron chi connectivity index (χ4n) is 3.87. The van der Waals surface area contributed by atoms with Gasteiger partial charge >= 0.3 is 12.1 Å². The van der Waals surface area contributed by atoms with Crippen molar-refractivity contribution < 1.29 is 32.7 Å². The number of carbonyl (C=O) groups is 3. The molecule has 35 heavy (non-hydrogen) atoms. The second-order valence-corrected chi connectivity index (χ2v) is 8.67. The summed E-state index contributed by atoms with van der Waals surface area (Å²) in [5.74, 6) is -1.97. The summed E-state index contributed by atoms with van der Waals surface area (Å²) in [7, 11) is 2.06. The minimum Gasteiger partial charge on any atom is -0.475 e. The standard InChI is InChI=1S/C19H23N7O2.C2HF3O2/c1-23-6-8-24(9-7-23)18(27)15-14-11-25(10-13-2-3-13)19(28)16-17(21-5-4-20-16)26(14)12-22-15;3-2(4,5)1(6)7/h4-5,12-13H,2-3,6-11H2,1H3;(H,6,7). The van der Waals surface area contributed by atoms with Crippen LogP contribution in [0.15, 0.2) is 18.7 Å². The van der Waals surface area contributed by atoms with Crippen molar-refractivity contribution in [3.05, 3.63) is 35.8 Å². The lowest BCUT2D eigenvalue weighted by Gasteiger charge is -2.32. The lowest BCUT2D eigenvalue weighted by atomic mass is 10.2. The van der Waals surface area contributed by atoms with E-state index in [1.165, 1.54) is 6.20 Å². The molecular formula is C21H24F3N7O4. The van der Waals surface area contributed by atoms with E-state index in [0.29, 0.717) is 49.3 Å². The number of fused-ring (bicyclic) bond motifs is 3. The third-order valence-electron chi connectivity index (χ3n) is 6.02. The number of aliphatic carboxylic acids is 1. The number of hydrogen-bond acceptors (Lipinski definition) is 7. The van der Waals surface area contributed by atoms with Crippen LogP contribution in [0.1, 0.15) is 39.5 Å². The fourth-order valence-corrected chi connectivity index (χ4v) is 3.87. The van der Waals surface area contributed by atoms with Gasteiger partial charge in [-0.3, -0.25) is 14.2 Å². The number of alkyl halides is 3. The molecule has 0 unspecified atom stereocenters. The number of carboxylic acid groups (broad SMARTS) is 1. The van der Waals surface area contributed by atoms with Crippen LogP contribution in [0.25, 0.3) is 5.82 Å². The monoisotopic (exact) mass is 495 g/mol. The average Bonchev–Trinajstić information content (AvgIpc) is 3.56. The predicted octanol–water partition coefficient (Wildman–Crippen LogP) is 1.05. The van der Waals surface area contributed by atoms with Crippen LogP contribution in [0, 0.1) is 5.92 Å². The van der Waals surface area contributed by atoms with Gasteiger partial charge in [0.05, 0.1) is 12.2 Å². The number of halogens is 3. The van der Waals surface area contributed by atoms with Gasteiger partial charge in [-0.25, -0.2) is 19.7 Å². The minimum atomic E-state index is -5.08. The molecule has 2 aromatic rings. The molecule has 1 saturated heterocycles. The number of hydrogen-bond donors (Lipinski definition) is 1. The van der Waals surface area contributed by atoms with Gasteiger partial charge in [-0.05, 0) is 25.8 Å². The molecule has 0 bridgehead atoms. The summed E-state index contributed by atoms with van der Waals surface area (Å²) in [4.78, 5) is 54.1. The molecule has 5 rings (SSSR count). The first-order valence-corrected chi connectivity index (χ1v) is 11.0. The van der Waals surface area contributed by atoms with E-state index in [1.807, 2.05) is 4.90 Å². The highest BCUT2D eigenvalue weighted by Gasteiger charge is 2.38. The van der Waals surface area contributed by atoms with Gasteiger partial charge < -0.3 is 19.8 Å². The molecule has 1 aliphatic carbocycles. The number of amides is 2. The van der Waals surface area contributed by atoms with Crippen LogP contribution in [0.5, 0.6) is 0 Å². The highest BCUT2D eigenvalue weighted by Crippen LogP contribution is 2.32. The van der Waals surface area contributed by atoms with E-state index in [2.05, 4.69) is 26.9 Å². The third kappa shape index (κ3) is 5.42. The maximum atomic E-state index is 13.2. The molecule has 0 aromatic carbocycles. The van der Waals surface area contributed by atoms with E-state index < -0.39 is 12.1 Å². The van der Waals surface area contributed by atoms with Gasteiger partial charge in [-0.1, -0.05) is 0 Å². The van der Waals surface area contributed by atoms with Crippen LogP contribution in [0.4, 0.5) is 13.2 Å². The fraction of sp³-hybridized carbons (Fsp3) is 0.524. The summed E-state index contributed by atoms with van der Waals surface area (Å²) < 4.78 is 33.5. The van der Waals surface area contributed by atoms with Crippen molar-refractivity contribution in [3.8, 4) is 5.82 Å². The van der Waals surface area contributed by atoms with E-state index in [9.17, 15) is 22.8 Å². The molecule has 1 saturated carbocycles. The zero-order chi connectivity index (χ0) is 25.3. The molecule has 188 valence electrons. The Kier molecular flexibility index (Phi) is 6.74. The van der Waals surface area contributed by atoms with Crippen molar-refractivity contribution in [2.24, 2.45) is 5.92 Å². The number of carbonyl (C=O) groups excluding carboxylic acids is 2. The van der Waals surface area contributed by atoms with Crippen LogP contribution < -0.4 is 0 Å². The van der Waals surface area contributed by atoms with E-state index in [0.717, 1.165) is 31.6 Å². The highest BCUT2D eigenvalue weighted by molar-refractivity contribution is 5.97. The summed E-state index contributed by atoms with van der Waals surface area (Å²) in [5.41, 5.74) is 1.45.